The van der Waals surface area contributed by atoms with E-state index in [-0.39, 0.29) is 23.6 Å². The van der Waals surface area contributed by atoms with Crippen molar-refractivity contribution in [1.29, 1.82) is 0 Å². The van der Waals surface area contributed by atoms with Crippen LogP contribution in [-0.2, 0) is 4.79 Å². The quantitative estimate of drug-likeness (QED) is 0.629. The fraction of sp³-hybridized carbons (Fsp3) is 0.273. The summed E-state index contributed by atoms with van der Waals surface area (Å²) in [5.74, 6) is -0.811. The van der Waals surface area contributed by atoms with Gasteiger partial charge in [0.15, 0.2) is 0 Å². The van der Waals surface area contributed by atoms with Gasteiger partial charge in [0.1, 0.15) is 5.75 Å². The number of rotatable bonds is 5. The SMILES string of the molecule is NC(=O)CCCNC(=O)c1ccccc1O. The molecule has 0 bridgehead atoms. The van der Waals surface area contributed by atoms with E-state index in [0.29, 0.717) is 13.0 Å². The van der Waals surface area contributed by atoms with Crippen molar-refractivity contribution in [1.82, 2.24) is 5.32 Å². The first kappa shape index (κ1) is 12.0. The first-order chi connectivity index (χ1) is 7.61. The van der Waals surface area contributed by atoms with Gasteiger partial charge < -0.3 is 16.2 Å². The molecule has 0 aliphatic carbocycles. The Balaban J connectivity index is 2.41. The van der Waals surface area contributed by atoms with Crippen LogP contribution in [0.15, 0.2) is 24.3 Å². The van der Waals surface area contributed by atoms with Crippen molar-refractivity contribution in [2.75, 3.05) is 6.54 Å². The predicted molar refractivity (Wildman–Crippen MR) is 58.9 cm³/mol. The molecule has 0 aliphatic heterocycles. The van der Waals surface area contributed by atoms with Crippen LogP contribution in [0.3, 0.4) is 0 Å². The summed E-state index contributed by atoms with van der Waals surface area (Å²) < 4.78 is 0. The first-order valence-corrected chi connectivity index (χ1v) is 4.95. The molecule has 4 N–H and O–H groups in total. The molecule has 0 atom stereocenters. The second-order valence-electron chi connectivity index (χ2n) is 3.34. The smallest absolute Gasteiger partial charge is 0.255 e. The molecule has 0 heterocycles. The number of hydrogen-bond donors (Lipinski definition) is 3. The van der Waals surface area contributed by atoms with Crippen LogP contribution >= 0.6 is 0 Å². The highest BCUT2D eigenvalue weighted by molar-refractivity contribution is 5.96. The fourth-order valence-corrected chi connectivity index (χ4v) is 1.23. The highest BCUT2D eigenvalue weighted by Gasteiger charge is 2.08. The Labute approximate surface area is 93.3 Å². The second kappa shape index (κ2) is 5.75. The van der Waals surface area contributed by atoms with E-state index in [2.05, 4.69) is 5.32 Å². The summed E-state index contributed by atoms with van der Waals surface area (Å²) in [6.07, 6.45) is 0.732. The van der Waals surface area contributed by atoms with Crippen molar-refractivity contribution in [3.63, 3.8) is 0 Å². The first-order valence-electron chi connectivity index (χ1n) is 4.95. The van der Waals surface area contributed by atoms with Crippen LogP contribution in [0.4, 0.5) is 0 Å². The van der Waals surface area contributed by atoms with Crippen LogP contribution in [0, 0.1) is 0 Å². The number of benzene rings is 1. The number of hydrogen-bond acceptors (Lipinski definition) is 3. The maximum absolute atomic E-state index is 11.5. The molecule has 2 amide bonds. The number of phenolic OH excluding ortho intramolecular Hbond substituents is 1. The molecule has 0 unspecified atom stereocenters. The van der Waals surface area contributed by atoms with Crippen LogP contribution in [-0.4, -0.2) is 23.5 Å². The van der Waals surface area contributed by atoms with E-state index in [1.807, 2.05) is 0 Å². The summed E-state index contributed by atoms with van der Waals surface area (Å²) in [4.78, 5) is 22.0. The zero-order chi connectivity index (χ0) is 12.0. The molecule has 16 heavy (non-hydrogen) atoms. The van der Waals surface area contributed by atoms with Gasteiger partial charge in [0.05, 0.1) is 5.56 Å². The van der Waals surface area contributed by atoms with Gasteiger partial charge in [-0.1, -0.05) is 12.1 Å². The summed E-state index contributed by atoms with van der Waals surface area (Å²) in [6, 6.07) is 6.27. The number of carbonyl (C=O) groups excluding carboxylic acids is 2. The van der Waals surface area contributed by atoms with E-state index in [9.17, 15) is 14.7 Å². The number of amides is 2. The Morgan fingerprint density at radius 1 is 1.31 bits per heavy atom. The summed E-state index contributed by atoms with van der Waals surface area (Å²) in [5, 5.41) is 12.0. The highest BCUT2D eigenvalue weighted by atomic mass is 16.3. The lowest BCUT2D eigenvalue weighted by atomic mass is 10.2. The van der Waals surface area contributed by atoms with Gasteiger partial charge in [0.2, 0.25) is 5.91 Å². The van der Waals surface area contributed by atoms with Crippen LogP contribution < -0.4 is 11.1 Å². The van der Waals surface area contributed by atoms with E-state index in [4.69, 9.17) is 5.73 Å². The van der Waals surface area contributed by atoms with Crippen molar-refractivity contribution in [2.45, 2.75) is 12.8 Å². The maximum atomic E-state index is 11.5. The molecule has 0 radical (unpaired) electrons. The van der Waals surface area contributed by atoms with Crippen LogP contribution in [0.5, 0.6) is 5.75 Å². The van der Waals surface area contributed by atoms with Crippen molar-refractivity contribution >= 4 is 11.8 Å². The summed E-state index contributed by atoms with van der Waals surface area (Å²) in [5.41, 5.74) is 5.18. The number of aromatic hydroxyl groups is 1. The minimum Gasteiger partial charge on any atom is -0.507 e. The Bertz CT molecular complexity index is 391. The number of carbonyl (C=O) groups is 2. The average molecular weight is 222 g/mol. The number of primary amides is 1. The van der Waals surface area contributed by atoms with Crippen molar-refractivity contribution in [3.8, 4) is 5.75 Å². The normalized spacial score (nSPS) is 9.75. The van der Waals surface area contributed by atoms with Gasteiger partial charge in [0.25, 0.3) is 5.91 Å². The molecule has 1 aromatic rings. The predicted octanol–water partition coefficient (Wildman–Crippen LogP) is 0.387. The van der Waals surface area contributed by atoms with E-state index < -0.39 is 5.91 Å². The monoisotopic (exact) mass is 222 g/mol. The third kappa shape index (κ3) is 3.61. The second-order valence-corrected chi connectivity index (χ2v) is 3.34. The number of para-hydroxylation sites is 1. The highest BCUT2D eigenvalue weighted by Crippen LogP contribution is 2.14. The molecule has 0 aromatic heterocycles. The Kier molecular flexibility index (Phi) is 4.32. The molecule has 5 heteroatoms. The van der Waals surface area contributed by atoms with Crippen LogP contribution in [0.1, 0.15) is 23.2 Å². The van der Waals surface area contributed by atoms with E-state index in [1.54, 1.807) is 12.1 Å². The lowest BCUT2D eigenvalue weighted by Crippen LogP contribution is -2.25. The van der Waals surface area contributed by atoms with Crippen molar-refractivity contribution in [2.24, 2.45) is 5.73 Å². The molecule has 0 aliphatic rings. The minimum atomic E-state index is -0.392. The van der Waals surface area contributed by atoms with Gasteiger partial charge in [-0.2, -0.15) is 0 Å². The van der Waals surface area contributed by atoms with E-state index in [1.165, 1.54) is 12.1 Å². The molecule has 0 spiro atoms. The lowest BCUT2D eigenvalue weighted by Gasteiger charge is -2.05. The van der Waals surface area contributed by atoms with Crippen LogP contribution in [0.25, 0.3) is 0 Å². The molecule has 0 saturated carbocycles. The number of phenols is 1. The molecule has 0 fully saturated rings. The van der Waals surface area contributed by atoms with Gasteiger partial charge in [-0.05, 0) is 18.6 Å². The van der Waals surface area contributed by atoms with Crippen molar-refractivity contribution in [3.05, 3.63) is 29.8 Å². The Morgan fingerprint density at radius 3 is 2.62 bits per heavy atom. The zero-order valence-corrected chi connectivity index (χ0v) is 8.77. The van der Waals surface area contributed by atoms with Gasteiger partial charge in [-0.3, -0.25) is 9.59 Å². The minimum absolute atomic E-state index is 0.0603. The average Bonchev–Trinajstić information content (AvgIpc) is 2.24. The van der Waals surface area contributed by atoms with Crippen molar-refractivity contribution < 1.29 is 14.7 Å². The van der Waals surface area contributed by atoms with E-state index >= 15 is 0 Å². The standard InChI is InChI=1S/C11H14N2O3/c12-10(15)6-3-7-13-11(16)8-4-1-2-5-9(8)14/h1-2,4-5,14H,3,6-7H2,(H2,12,15)(H,13,16). The largest absolute Gasteiger partial charge is 0.507 e. The topological polar surface area (TPSA) is 92.4 Å². The summed E-state index contributed by atoms with van der Waals surface area (Å²) in [7, 11) is 0. The molecule has 86 valence electrons. The lowest BCUT2D eigenvalue weighted by molar-refractivity contribution is -0.118. The maximum Gasteiger partial charge on any atom is 0.255 e. The zero-order valence-electron chi connectivity index (χ0n) is 8.77. The third-order valence-electron chi connectivity index (χ3n) is 2.03. The molecular formula is C11H14N2O3. The van der Waals surface area contributed by atoms with Gasteiger partial charge in [-0.25, -0.2) is 0 Å². The molecular weight excluding hydrogens is 208 g/mol. The van der Waals surface area contributed by atoms with Gasteiger partial charge >= 0.3 is 0 Å². The molecule has 1 rings (SSSR count). The summed E-state index contributed by atoms with van der Waals surface area (Å²) in [6.45, 7) is 0.357. The molecule has 0 saturated heterocycles. The Hall–Kier alpha value is -2.04. The fourth-order valence-electron chi connectivity index (χ4n) is 1.23. The van der Waals surface area contributed by atoms with Gasteiger partial charge in [-0.15, -0.1) is 0 Å². The Morgan fingerprint density at radius 2 is 2.00 bits per heavy atom. The molecule has 1 aromatic carbocycles. The number of nitrogens with one attached hydrogen (secondary N) is 1. The molecule has 5 nitrogen and oxygen atoms in total. The third-order valence-corrected chi connectivity index (χ3v) is 2.03. The van der Waals surface area contributed by atoms with Crippen LogP contribution in [0.2, 0.25) is 0 Å². The number of nitrogens with two attached hydrogens (primary N) is 1. The van der Waals surface area contributed by atoms with E-state index in [0.717, 1.165) is 0 Å². The summed E-state index contributed by atoms with van der Waals surface area (Å²) >= 11 is 0. The van der Waals surface area contributed by atoms with Gasteiger partial charge in [0, 0.05) is 13.0 Å².